The lowest BCUT2D eigenvalue weighted by atomic mass is 10.1. The number of hydrogen-bond donors (Lipinski definition) is 2. The fraction of sp³-hybridized carbons (Fsp3) is 0.294. The van der Waals surface area contributed by atoms with Crippen LogP contribution in [-0.4, -0.2) is 24.6 Å². The smallest absolute Gasteiger partial charge is 0.294 e. The Kier molecular flexibility index (Phi) is 5.41. The SMILES string of the molecule is CCC(O)c1cc(N(CC)c2ccccc2)ccc1S(=O)(=O)O. The Morgan fingerprint density at radius 3 is 2.22 bits per heavy atom. The molecule has 6 heteroatoms. The van der Waals surface area contributed by atoms with E-state index in [1.807, 2.05) is 42.2 Å². The standard InChI is InChI=1S/C17H21NO4S/c1-3-16(19)15-12-14(10-11-17(15)23(20,21)22)18(4-2)13-8-6-5-7-9-13/h5-12,16,19H,3-4H2,1-2H3,(H,20,21,22). The fourth-order valence-electron chi connectivity index (χ4n) is 2.54. The molecule has 0 radical (unpaired) electrons. The highest BCUT2D eigenvalue weighted by Gasteiger charge is 2.21. The van der Waals surface area contributed by atoms with Gasteiger partial charge in [0.1, 0.15) is 0 Å². The summed E-state index contributed by atoms with van der Waals surface area (Å²) in [5.41, 5.74) is 1.93. The first-order valence-corrected chi connectivity index (χ1v) is 8.94. The third kappa shape index (κ3) is 3.90. The Balaban J connectivity index is 2.56. The first kappa shape index (κ1) is 17.5. The third-order valence-corrected chi connectivity index (χ3v) is 4.64. The summed E-state index contributed by atoms with van der Waals surface area (Å²) in [7, 11) is -4.38. The summed E-state index contributed by atoms with van der Waals surface area (Å²) >= 11 is 0. The molecule has 0 spiro atoms. The molecule has 0 fully saturated rings. The zero-order valence-electron chi connectivity index (χ0n) is 13.2. The second kappa shape index (κ2) is 7.12. The van der Waals surface area contributed by atoms with E-state index in [1.165, 1.54) is 6.07 Å². The number of benzene rings is 2. The Labute approximate surface area is 136 Å². The van der Waals surface area contributed by atoms with Crippen LogP contribution in [-0.2, 0) is 10.1 Å². The van der Waals surface area contributed by atoms with E-state index in [1.54, 1.807) is 19.1 Å². The molecule has 0 aliphatic rings. The minimum absolute atomic E-state index is 0.210. The Bertz CT molecular complexity index is 759. The molecule has 0 saturated heterocycles. The van der Waals surface area contributed by atoms with Crippen molar-refractivity contribution in [2.24, 2.45) is 0 Å². The first-order chi connectivity index (χ1) is 10.9. The van der Waals surface area contributed by atoms with E-state index in [0.29, 0.717) is 13.0 Å². The molecule has 1 atom stereocenters. The number of nitrogens with zero attached hydrogens (tertiary/aromatic N) is 1. The van der Waals surface area contributed by atoms with Crippen LogP contribution < -0.4 is 4.90 Å². The number of hydrogen-bond acceptors (Lipinski definition) is 4. The van der Waals surface area contributed by atoms with Crippen LogP contribution in [0.1, 0.15) is 31.9 Å². The molecule has 124 valence electrons. The molecule has 2 rings (SSSR count). The summed E-state index contributed by atoms with van der Waals surface area (Å²) in [4.78, 5) is 1.75. The average Bonchev–Trinajstić information content (AvgIpc) is 2.54. The second-order valence-electron chi connectivity index (χ2n) is 5.20. The van der Waals surface area contributed by atoms with E-state index in [-0.39, 0.29) is 10.5 Å². The lowest BCUT2D eigenvalue weighted by Gasteiger charge is -2.25. The molecule has 2 N–H and O–H groups in total. The van der Waals surface area contributed by atoms with Crippen molar-refractivity contribution in [3.05, 3.63) is 54.1 Å². The maximum absolute atomic E-state index is 11.5. The lowest BCUT2D eigenvalue weighted by molar-refractivity contribution is 0.170. The molecule has 0 heterocycles. The molecule has 2 aromatic carbocycles. The van der Waals surface area contributed by atoms with Crippen LogP contribution in [0.15, 0.2) is 53.4 Å². The zero-order valence-corrected chi connectivity index (χ0v) is 14.0. The molecular formula is C17H21NO4S. The van der Waals surface area contributed by atoms with E-state index >= 15 is 0 Å². The molecule has 0 bridgehead atoms. The quantitative estimate of drug-likeness (QED) is 0.790. The number of para-hydroxylation sites is 1. The molecule has 0 amide bonds. The summed E-state index contributed by atoms with van der Waals surface area (Å²) in [6.07, 6.45) is -0.606. The average molecular weight is 335 g/mol. The van der Waals surface area contributed by atoms with Gasteiger partial charge in [-0.05, 0) is 43.7 Å². The monoisotopic (exact) mass is 335 g/mol. The molecular weight excluding hydrogens is 314 g/mol. The van der Waals surface area contributed by atoms with Gasteiger partial charge in [-0.3, -0.25) is 4.55 Å². The van der Waals surface area contributed by atoms with E-state index < -0.39 is 16.2 Å². The van der Waals surface area contributed by atoms with Crippen LogP contribution in [0.25, 0.3) is 0 Å². The van der Waals surface area contributed by atoms with Crippen molar-refractivity contribution in [1.82, 2.24) is 0 Å². The van der Waals surface area contributed by atoms with E-state index in [0.717, 1.165) is 11.4 Å². The van der Waals surface area contributed by atoms with Gasteiger partial charge in [0, 0.05) is 23.5 Å². The van der Waals surface area contributed by atoms with Crippen LogP contribution in [0.2, 0.25) is 0 Å². The van der Waals surface area contributed by atoms with Gasteiger partial charge in [0.15, 0.2) is 0 Å². The lowest BCUT2D eigenvalue weighted by Crippen LogP contribution is -2.17. The van der Waals surface area contributed by atoms with Gasteiger partial charge in [0.2, 0.25) is 0 Å². The molecule has 0 aromatic heterocycles. The zero-order chi connectivity index (χ0) is 17.0. The predicted octanol–water partition coefficient (Wildman–Crippen LogP) is 3.53. The number of aliphatic hydroxyl groups is 1. The van der Waals surface area contributed by atoms with Crippen LogP contribution in [0.4, 0.5) is 11.4 Å². The Hall–Kier alpha value is -1.89. The highest BCUT2D eigenvalue weighted by molar-refractivity contribution is 7.85. The maximum Gasteiger partial charge on any atom is 0.294 e. The minimum atomic E-state index is -4.38. The summed E-state index contributed by atoms with van der Waals surface area (Å²) in [5.74, 6) is 0. The summed E-state index contributed by atoms with van der Waals surface area (Å²) in [5, 5.41) is 10.1. The number of rotatable bonds is 6. The van der Waals surface area contributed by atoms with Gasteiger partial charge < -0.3 is 10.0 Å². The van der Waals surface area contributed by atoms with Gasteiger partial charge in [-0.1, -0.05) is 25.1 Å². The normalized spacial score (nSPS) is 12.9. The molecule has 0 saturated carbocycles. The van der Waals surface area contributed by atoms with E-state index in [4.69, 9.17) is 0 Å². The van der Waals surface area contributed by atoms with Gasteiger partial charge in [0.25, 0.3) is 10.1 Å². The summed E-state index contributed by atoms with van der Waals surface area (Å²) in [6, 6.07) is 14.3. The van der Waals surface area contributed by atoms with Crippen LogP contribution in [0.3, 0.4) is 0 Å². The van der Waals surface area contributed by atoms with Crippen molar-refractivity contribution >= 4 is 21.5 Å². The van der Waals surface area contributed by atoms with Gasteiger partial charge in [-0.25, -0.2) is 0 Å². The van der Waals surface area contributed by atoms with Gasteiger partial charge in [0.05, 0.1) is 11.0 Å². The maximum atomic E-state index is 11.5. The van der Waals surface area contributed by atoms with Crippen molar-refractivity contribution < 1.29 is 18.1 Å². The van der Waals surface area contributed by atoms with Crippen molar-refractivity contribution in [1.29, 1.82) is 0 Å². The molecule has 0 aliphatic heterocycles. The van der Waals surface area contributed by atoms with Crippen LogP contribution >= 0.6 is 0 Å². The van der Waals surface area contributed by atoms with Crippen molar-refractivity contribution in [3.8, 4) is 0 Å². The van der Waals surface area contributed by atoms with E-state index in [2.05, 4.69) is 0 Å². The summed E-state index contributed by atoms with van der Waals surface area (Å²) in [6.45, 7) is 4.41. The molecule has 1 unspecified atom stereocenters. The first-order valence-electron chi connectivity index (χ1n) is 7.50. The highest BCUT2D eigenvalue weighted by atomic mass is 32.2. The van der Waals surface area contributed by atoms with Crippen molar-refractivity contribution in [3.63, 3.8) is 0 Å². The third-order valence-electron chi connectivity index (χ3n) is 3.71. The predicted molar refractivity (Wildman–Crippen MR) is 90.6 cm³/mol. The molecule has 5 nitrogen and oxygen atoms in total. The fourth-order valence-corrected chi connectivity index (χ4v) is 3.27. The van der Waals surface area contributed by atoms with Crippen molar-refractivity contribution in [2.45, 2.75) is 31.3 Å². The van der Waals surface area contributed by atoms with E-state index in [9.17, 15) is 18.1 Å². The van der Waals surface area contributed by atoms with Crippen molar-refractivity contribution in [2.75, 3.05) is 11.4 Å². The molecule has 23 heavy (non-hydrogen) atoms. The number of aliphatic hydroxyl groups excluding tert-OH is 1. The summed E-state index contributed by atoms with van der Waals surface area (Å²) < 4.78 is 32.4. The molecule has 0 aliphatic carbocycles. The largest absolute Gasteiger partial charge is 0.388 e. The van der Waals surface area contributed by atoms with Gasteiger partial charge >= 0.3 is 0 Å². The van der Waals surface area contributed by atoms with Crippen LogP contribution in [0.5, 0.6) is 0 Å². The van der Waals surface area contributed by atoms with Gasteiger partial charge in [-0.2, -0.15) is 8.42 Å². The van der Waals surface area contributed by atoms with Gasteiger partial charge in [-0.15, -0.1) is 0 Å². The molecule has 2 aromatic rings. The van der Waals surface area contributed by atoms with Crippen LogP contribution in [0, 0.1) is 0 Å². The Morgan fingerprint density at radius 1 is 1.04 bits per heavy atom. The highest BCUT2D eigenvalue weighted by Crippen LogP contribution is 2.32. The minimum Gasteiger partial charge on any atom is -0.388 e. The topological polar surface area (TPSA) is 77.8 Å². The number of anilines is 2. The Morgan fingerprint density at radius 2 is 1.70 bits per heavy atom. The second-order valence-corrected chi connectivity index (χ2v) is 6.59.